The summed E-state index contributed by atoms with van der Waals surface area (Å²) in [6, 6.07) is 6.21. The maximum Gasteiger partial charge on any atom is 0.231 e. The predicted octanol–water partition coefficient (Wildman–Crippen LogP) is 2.69. The van der Waals surface area contributed by atoms with Gasteiger partial charge in [-0.15, -0.1) is 0 Å². The average Bonchev–Trinajstić information content (AvgIpc) is 2.70. The van der Waals surface area contributed by atoms with E-state index >= 15 is 0 Å². The van der Waals surface area contributed by atoms with Crippen LogP contribution in [0.3, 0.4) is 0 Å². The number of benzene rings is 1. The highest BCUT2D eigenvalue weighted by Crippen LogP contribution is 2.32. The maximum atomic E-state index is 5.42. The van der Waals surface area contributed by atoms with Crippen molar-refractivity contribution in [1.29, 1.82) is 0 Å². The molecule has 0 bridgehead atoms. The van der Waals surface area contributed by atoms with Crippen molar-refractivity contribution in [3.05, 3.63) is 23.8 Å². The van der Waals surface area contributed by atoms with Crippen molar-refractivity contribution >= 4 is 0 Å². The minimum atomic E-state index is 0.245. The minimum Gasteiger partial charge on any atom is -0.454 e. The summed E-state index contributed by atoms with van der Waals surface area (Å²) in [6.45, 7) is 12.8. The zero-order valence-corrected chi connectivity index (χ0v) is 12.7. The predicted molar refractivity (Wildman–Crippen MR) is 76.3 cm³/mol. The Morgan fingerprint density at radius 3 is 2.42 bits per heavy atom. The summed E-state index contributed by atoms with van der Waals surface area (Å²) >= 11 is 0. The first-order valence-corrected chi connectivity index (χ1v) is 6.98. The Kier molecular flexibility index (Phi) is 3.77. The molecule has 106 valence electrons. The van der Waals surface area contributed by atoms with Crippen molar-refractivity contribution in [3.8, 4) is 11.5 Å². The molecule has 0 atom stereocenters. The third-order valence-electron chi connectivity index (χ3n) is 3.31. The molecule has 1 heterocycles. The third kappa shape index (κ3) is 4.13. The van der Waals surface area contributed by atoms with Crippen molar-refractivity contribution in [2.75, 3.05) is 6.79 Å². The second-order valence-corrected chi connectivity index (χ2v) is 7.32. The summed E-state index contributed by atoms with van der Waals surface area (Å²) in [5.74, 6) is 1.73. The Morgan fingerprint density at radius 2 is 1.74 bits per heavy atom. The van der Waals surface area contributed by atoms with Gasteiger partial charge in [-0.1, -0.05) is 20.8 Å². The van der Waals surface area contributed by atoms with E-state index in [9.17, 15) is 0 Å². The van der Waals surface area contributed by atoms with E-state index in [4.69, 9.17) is 9.47 Å². The van der Waals surface area contributed by atoms with E-state index in [2.05, 4.69) is 52.1 Å². The first kappa shape index (κ1) is 14.2. The van der Waals surface area contributed by atoms with Crippen LogP contribution in [0.15, 0.2) is 18.2 Å². The molecule has 0 saturated heterocycles. The molecule has 2 N–H and O–H groups in total. The molecule has 1 aliphatic rings. The van der Waals surface area contributed by atoms with Crippen LogP contribution in [0.4, 0.5) is 0 Å². The van der Waals surface area contributed by atoms with Crippen LogP contribution in [0.5, 0.6) is 11.5 Å². The molecule has 0 aromatic heterocycles. The van der Waals surface area contributed by atoms with E-state index in [1.807, 2.05) is 6.07 Å². The largest absolute Gasteiger partial charge is 0.454 e. The van der Waals surface area contributed by atoms with Gasteiger partial charge in [0.25, 0.3) is 0 Å². The summed E-state index contributed by atoms with van der Waals surface area (Å²) in [6.07, 6.45) is 1.19. The van der Waals surface area contributed by atoms with Gasteiger partial charge >= 0.3 is 0 Å². The second kappa shape index (κ2) is 5.04. The molecule has 19 heavy (non-hydrogen) atoms. The van der Waals surface area contributed by atoms with Gasteiger partial charge in [0.1, 0.15) is 6.54 Å². The summed E-state index contributed by atoms with van der Waals surface area (Å²) in [5.41, 5.74) is 1.88. The highest BCUT2D eigenvalue weighted by Gasteiger charge is 2.28. The monoisotopic (exact) mass is 264 g/mol. The van der Waals surface area contributed by atoms with Gasteiger partial charge in [-0.25, -0.2) is 0 Å². The van der Waals surface area contributed by atoms with Gasteiger partial charge in [0, 0.05) is 12.0 Å². The van der Waals surface area contributed by atoms with Crippen molar-refractivity contribution in [2.45, 2.75) is 53.1 Å². The van der Waals surface area contributed by atoms with Gasteiger partial charge < -0.3 is 14.8 Å². The first-order valence-electron chi connectivity index (χ1n) is 6.98. The van der Waals surface area contributed by atoms with Crippen molar-refractivity contribution in [2.24, 2.45) is 5.41 Å². The molecule has 0 unspecified atom stereocenters. The quantitative estimate of drug-likeness (QED) is 0.907. The number of fused-ring (bicyclic) bond motifs is 1. The second-order valence-electron chi connectivity index (χ2n) is 7.32. The molecular weight excluding hydrogens is 238 g/mol. The Morgan fingerprint density at radius 1 is 1.05 bits per heavy atom. The highest BCUT2D eigenvalue weighted by atomic mass is 16.7. The fraction of sp³-hybridized carbons (Fsp3) is 0.625. The van der Waals surface area contributed by atoms with E-state index < -0.39 is 0 Å². The van der Waals surface area contributed by atoms with Gasteiger partial charge in [-0.3, -0.25) is 0 Å². The molecule has 0 aliphatic carbocycles. The Hall–Kier alpha value is -1.22. The number of quaternary nitrogens is 1. The number of hydrogen-bond acceptors (Lipinski definition) is 2. The summed E-state index contributed by atoms with van der Waals surface area (Å²) in [4.78, 5) is 0. The molecule has 1 aromatic carbocycles. The summed E-state index contributed by atoms with van der Waals surface area (Å²) in [7, 11) is 0. The lowest BCUT2D eigenvalue weighted by Gasteiger charge is -2.30. The van der Waals surface area contributed by atoms with Gasteiger partial charge in [-0.2, -0.15) is 0 Å². The topological polar surface area (TPSA) is 35.1 Å². The molecule has 0 amide bonds. The van der Waals surface area contributed by atoms with Crippen LogP contribution >= 0.6 is 0 Å². The molecule has 1 aliphatic heterocycles. The molecule has 0 spiro atoms. The van der Waals surface area contributed by atoms with Crippen molar-refractivity contribution < 1.29 is 14.8 Å². The van der Waals surface area contributed by atoms with Gasteiger partial charge in [-0.05, 0) is 37.5 Å². The molecule has 0 saturated carbocycles. The molecular formula is C16H26NO2+. The van der Waals surface area contributed by atoms with Crippen molar-refractivity contribution in [1.82, 2.24) is 0 Å². The Labute approximate surface area is 116 Å². The van der Waals surface area contributed by atoms with E-state index in [0.29, 0.717) is 12.2 Å². The fourth-order valence-electron chi connectivity index (χ4n) is 2.90. The standard InChI is InChI=1S/C16H25NO2/c1-15(2,3)10-16(4,5)17-9-12-6-7-13-14(8-12)19-11-18-13/h6-8,17H,9-11H2,1-5H3/p+1. The lowest BCUT2D eigenvalue weighted by atomic mass is 9.82. The Balaban J connectivity index is 1.95. The number of rotatable bonds is 4. The summed E-state index contributed by atoms with van der Waals surface area (Å²) < 4.78 is 10.7. The number of ether oxygens (including phenoxy) is 2. The van der Waals surface area contributed by atoms with Crippen LogP contribution in [0.2, 0.25) is 0 Å². The van der Waals surface area contributed by atoms with Crippen LogP contribution in [0, 0.1) is 5.41 Å². The Bertz CT molecular complexity index is 447. The van der Waals surface area contributed by atoms with Gasteiger partial charge in [0.05, 0.1) is 5.54 Å². The van der Waals surface area contributed by atoms with Crippen LogP contribution in [0.25, 0.3) is 0 Å². The molecule has 3 nitrogen and oxygen atoms in total. The lowest BCUT2D eigenvalue weighted by molar-refractivity contribution is -0.737. The van der Waals surface area contributed by atoms with Crippen LogP contribution < -0.4 is 14.8 Å². The number of hydrogen-bond donors (Lipinski definition) is 1. The SMILES string of the molecule is CC(C)(C)CC(C)(C)[NH2+]Cc1ccc2c(c1)OCO2. The van der Waals surface area contributed by atoms with Crippen LogP contribution in [-0.4, -0.2) is 12.3 Å². The normalized spacial score (nSPS) is 14.8. The van der Waals surface area contributed by atoms with Crippen LogP contribution in [-0.2, 0) is 6.54 Å². The van der Waals surface area contributed by atoms with E-state index in [1.54, 1.807) is 0 Å². The smallest absolute Gasteiger partial charge is 0.231 e. The molecule has 3 heteroatoms. The van der Waals surface area contributed by atoms with Crippen molar-refractivity contribution in [3.63, 3.8) is 0 Å². The van der Waals surface area contributed by atoms with Gasteiger partial charge in [0.2, 0.25) is 6.79 Å². The van der Waals surface area contributed by atoms with Crippen LogP contribution in [0.1, 0.15) is 46.6 Å². The van der Waals surface area contributed by atoms with E-state index in [-0.39, 0.29) is 5.54 Å². The lowest BCUT2D eigenvalue weighted by Crippen LogP contribution is -2.94. The third-order valence-corrected chi connectivity index (χ3v) is 3.31. The molecule has 2 rings (SSSR count). The minimum absolute atomic E-state index is 0.245. The highest BCUT2D eigenvalue weighted by molar-refractivity contribution is 5.44. The zero-order chi connectivity index (χ0) is 14.1. The number of nitrogens with two attached hydrogens (primary N) is 1. The maximum absolute atomic E-state index is 5.42. The molecule has 0 fully saturated rings. The summed E-state index contributed by atoms with van der Waals surface area (Å²) in [5, 5.41) is 2.41. The first-order chi connectivity index (χ1) is 8.75. The average molecular weight is 264 g/mol. The zero-order valence-electron chi connectivity index (χ0n) is 12.7. The molecule has 0 radical (unpaired) electrons. The van der Waals surface area contributed by atoms with E-state index in [1.165, 1.54) is 12.0 Å². The van der Waals surface area contributed by atoms with Gasteiger partial charge in [0.15, 0.2) is 11.5 Å². The fourth-order valence-corrected chi connectivity index (χ4v) is 2.90. The van der Waals surface area contributed by atoms with E-state index in [0.717, 1.165) is 18.0 Å². The molecule has 1 aromatic rings.